The van der Waals surface area contributed by atoms with Crippen LogP contribution < -0.4 is 5.32 Å². The Morgan fingerprint density at radius 2 is 2.06 bits per heavy atom. The quantitative estimate of drug-likeness (QED) is 0.878. The van der Waals surface area contributed by atoms with E-state index in [0.717, 1.165) is 24.2 Å². The Morgan fingerprint density at radius 3 is 2.56 bits per heavy atom. The highest BCUT2D eigenvalue weighted by atomic mass is 35.5. The molecule has 98 valence electrons. The second kappa shape index (κ2) is 5.62. The molecule has 0 aliphatic carbocycles. The maximum absolute atomic E-state index is 11.8. The molecule has 2 amide bonds. The molecule has 0 radical (unpaired) electrons. The fourth-order valence-corrected chi connectivity index (χ4v) is 2.61. The SMILES string of the molecule is CC(=O)N1CCC(NC(=O)c2nnc(Cl)s2)CC1. The average molecular weight is 289 g/mol. The van der Waals surface area contributed by atoms with Gasteiger partial charge in [-0.2, -0.15) is 0 Å². The van der Waals surface area contributed by atoms with Gasteiger partial charge in [-0.15, -0.1) is 10.2 Å². The van der Waals surface area contributed by atoms with Gasteiger partial charge in [-0.05, 0) is 24.4 Å². The van der Waals surface area contributed by atoms with E-state index in [2.05, 4.69) is 15.5 Å². The minimum Gasteiger partial charge on any atom is -0.347 e. The molecule has 1 aliphatic heterocycles. The lowest BCUT2D eigenvalue weighted by atomic mass is 10.1. The van der Waals surface area contributed by atoms with Gasteiger partial charge in [-0.25, -0.2) is 0 Å². The van der Waals surface area contributed by atoms with Crippen molar-refractivity contribution in [3.05, 3.63) is 9.47 Å². The molecule has 0 bridgehead atoms. The zero-order chi connectivity index (χ0) is 13.1. The number of nitrogens with zero attached hydrogens (tertiary/aromatic N) is 3. The maximum Gasteiger partial charge on any atom is 0.282 e. The van der Waals surface area contributed by atoms with Crippen molar-refractivity contribution in [1.82, 2.24) is 20.4 Å². The molecule has 8 heteroatoms. The van der Waals surface area contributed by atoms with E-state index in [1.807, 2.05) is 0 Å². The summed E-state index contributed by atoms with van der Waals surface area (Å²) in [5, 5.41) is 10.4. The predicted molar refractivity (Wildman–Crippen MR) is 67.7 cm³/mol. The smallest absolute Gasteiger partial charge is 0.282 e. The van der Waals surface area contributed by atoms with Gasteiger partial charge in [-0.1, -0.05) is 11.3 Å². The lowest BCUT2D eigenvalue weighted by molar-refractivity contribution is -0.129. The van der Waals surface area contributed by atoms with Gasteiger partial charge in [0.05, 0.1) is 0 Å². The summed E-state index contributed by atoms with van der Waals surface area (Å²) in [5.74, 6) is -0.170. The summed E-state index contributed by atoms with van der Waals surface area (Å²) in [5.41, 5.74) is 0. The Balaban J connectivity index is 1.85. The maximum atomic E-state index is 11.8. The van der Waals surface area contributed by atoms with Gasteiger partial charge in [-0.3, -0.25) is 9.59 Å². The van der Waals surface area contributed by atoms with Crippen molar-refractivity contribution in [2.24, 2.45) is 0 Å². The van der Waals surface area contributed by atoms with Crippen LogP contribution in [0.4, 0.5) is 0 Å². The molecule has 1 fully saturated rings. The molecule has 1 aromatic heterocycles. The number of hydrogen-bond donors (Lipinski definition) is 1. The average Bonchev–Trinajstić information content (AvgIpc) is 2.76. The number of likely N-dealkylation sites (tertiary alicyclic amines) is 1. The fraction of sp³-hybridized carbons (Fsp3) is 0.600. The first kappa shape index (κ1) is 13.2. The lowest BCUT2D eigenvalue weighted by Crippen LogP contribution is -2.45. The topological polar surface area (TPSA) is 75.2 Å². The van der Waals surface area contributed by atoms with E-state index >= 15 is 0 Å². The number of carbonyl (C=O) groups is 2. The van der Waals surface area contributed by atoms with E-state index in [0.29, 0.717) is 13.1 Å². The number of piperidine rings is 1. The summed E-state index contributed by atoms with van der Waals surface area (Å²) in [6.45, 7) is 2.91. The third-order valence-electron chi connectivity index (χ3n) is 2.87. The second-order valence-electron chi connectivity index (χ2n) is 4.11. The van der Waals surface area contributed by atoms with Crippen LogP contribution in [0.1, 0.15) is 29.6 Å². The standard InChI is InChI=1S/C10H13ClN4O2S/c1-6(16)15-4-2-7(3-5-15)12-8(17)9-13-14-10(11)18-9/h7H,2-5H2,1H3,(H,12,17). The molecular formula is C10H13ClN4O2S. The van der Waals surface area contributed by atoms with E-state index in [9.17, 15) is 9.59 Å². The van der Waals surface area contributed by atoms with Crippen LogP contribution in [0.2, 0.25) is 4.47 Å². The molecule has 0 aromatic carbocycles. The highest BCUT2D eigenvalue weighted by Crippen LogP contribution is 2.16. The van der Waals surface area contributed by atoms with Gasteiger partial charge in [0.25, 0.3) is 5.91 Å². The first-order chi connectivity index (χ1) is 8.56. The largest absolute Gasteiger partial charge is 0.347 e. The summed E-state index contributed by atoms with van der Waals surface area (Å²) < 4.78 is 0.256. The Hall–Kier alpha value is -1.21. The van der Waals surface area contributed by atoms with E-state index < -0.39 is 0 Å². The van der Waals surface area contributed by atoms with Crippen molar-refractivity contribution in [3.8, 4) is 0 Å². The number of nitrogens with one attached hydrogen (secondary N) is 1. The van der Waals surface area contributed by atoms with E-state index in [1.54, 1.807) is 11.8 Å². The van der Waals surface area contributed by atoms with Crippen molar-refractivity contribution in [2.45, 2.75) is 25.8 Å². The monoisotopic (exact) mass is 288 g/mol. The van der Waals surface area contributed by atoms with Crippen LogP contribution in [0.15, 0.2) is 0 Å². The summed E-state index contributed by atoms with van der Waals surface area (Å²) >= 11 is 6.68. The zero-order valence-electron chi connectivity index (χ0n) is 9.85. The van der Waals surface area contributed by atoms with Crippen LogP contribution in [-0.2, 0) is 4.79 Å². The fourth-order valence-electron chi connectivity index (χ4n) is 1.88. The molecule has 2 heterocycles. The summed E-state index contributed by atoms with van der Waals surface area (Å²) in [6.07, 6.45) is 1.52. The van der Waals surface area contributed by atoms with Gasteiger partial charge in [0.15, 0.2) is 0 Å². The minimum atomic E-state index is -0.249. The Bertz CT molecular complexity index is 456. The summed E-state index contributed by atoms with van der Waals surface area (Å²) in [7, 11) is 0. The van der Waals surface area contributed by atoms with Crippen molar-refractivity contribution in [2.75, 3.05) is 13.1 Å². The van der Waals surface area contributed by atoms with Gasteiger partial charge in [0.1, 0.15) is 0 Å². The van der Waals surface area contributed by atoms with Gasteiger partial charge in [0.2, 0.25) is 15.4 Å². The summed E-state index contributed by atoms with van der Waals surface area (Å²) in [4.78, 5) is 24.7. The van der Waals surface area contributed by atoms with Crippen LogP contribution in [0.3, 0.4) is 0 Å². The molecule has 0 atom stereocenters. The third kappa shape index (κ3) is 3.17. The molecule has 0 unspecified atom stereocenters. The van der Waals surface area contributed by atoms with Crippen molar-refractivity contribution in [3.63, 3.8) is 0 Å². The highest BCUT2D eigenvalue weighted by Gasteiger charge is 2.23. The van der Waals surface area contributed by atoms with Crippen LogP contribution in [0.5, 0.6) is 0 Å². The van der Waals surface area contributed by atoms with E-state index in [4.69, 9.17) is 11.6 Å². The number of amides is 2. The Kier molecular flexibility index (Phi) is 4.13. The number of hydrogen-bond acceptors (Lipinski definition) is 5. The molecule has 0 saturated carbocycles. The van der Waals surface area contributed by atoms with Gasteiger partial charge >= 0.3 is 0 Å². The van der Waals surface area contributed by atoms with E-state index in [1.165, 1.54) is 0 Å². The van der Waals surface area contributed by atoms with Crippen LogP contribution in [0, 0.1) is 0 Å². The number of carbonyl (C=O) groups excluding carboxylic acids is 2. The molecule has 2 rings (SSSR count). The van der Waals surface area contributed by atoms with Crippen molar-refractivity contribution < 1.29 is 9.59 Å². The first-order valence-corrected chi connectivity index (χ1v) is 6.81. The highest BCUT2D eigenvalue weighted by molar-refractivity contribution is 7.17. The Morgan fingerprint density at radius 1 is 1.39 bits per heavy atom. The van der Waals surface area contributed by atoms with Crippen LogP contribution in [-0.4, -0.2) is 46.0 Å². The normalized spacial score (nSPS) is 16.7. The van der Waals surface area contributed by atoms with E-state index in [-0.39, 0.29) is 27.3 Å². The van der Waals surface area contributed by atoms with Crippen molar-refractivity contribution in [1.29, 1.82) is 0 Å². The zero-order valence-corrected chi connectivity index (χ0v) is 11.4. The first-order valence-electron chi connectivity index (χ1n) is 5.61. The lowest BCUT2D eigenvalue weighted by Gasteiger charge is -2.31. The number of halogens is 1. The molecule has 0 spiro atoms. The van der Waals surface area contributed by atoms with Crippen molar-refractivity contribution >= 4 is 34.8 Å². The summed E-state index contributed by atoms with van der Waals surface area (Å²) in [6, 6.07) is 0.0794. The second-order valence-corrected chi connectivity index (χ2v) is 5.67. The van der Waals surface area contributed by atoms with Crippen LogP contribution >= 0.6 is 22.9 Å². The molecule has 6 nitrogen and oxygen atoms in total. The molecule has 1 N–H and O–H groups in total. The third-order valence-corrected chi connectivity index (χ3v) is 3.89. The predicted octanol–water partition coefficient (Wildman–Crippen LogP) is 0.932. The van der Waals surface area contributed by atoms with Crippen LogP contribution in [0.25, 0.3) is 0 Å². The number of aromatic nitrogens is 2. The molecular weight excluding hydrogens is 276 g/mol. The number of rotatable bonds is 2. The molecule has 1 aliphatic rings. The molecule has 18 heavy (non-hydrogen) atoms. The molecule has 1 saturated heterocycles. The molecule has 1 aromatic rings. The minimum absolute atomic E-state index is 0.0793. The van der Waals surface area contributed by atoms with Gasteiger partial charge in [0, 0.05) is 26.1 Å². The Labute approximate surface area is 113 Å². The van der Waals surface area contributed by atoms with Gasteiger partial charge < -0.3 is 10.2 Å².